The van der Waals surface area contributed by atoms with Gasteiger partial charge in [0.15, 0.2) is 5.78 Å². The number of hydrogen-bond donors (Lipinski definition) is 1. The number of allylic oxidation sites excluding steroid dienone is 2. The van der Waals surface area contributed by atoms with Crippen LogP contribution in [0.3, 0.4) is 0 Å². The van der Waals surface area contributed by atoms with E-state index in [9.17, 15) is 9.59 Å². The topological polar surface area (TPSA) is 55.4 Å². The fourth-order valence-corrected chi connectivity index (χ4v) is 1.63. The van der Waals surface area contributed by atoms with Crippen LogP contribution in [0, 0.1) is 5.92 Å². The van der Waals surface area contributed by atoms with Gasteiger partial charge in [-0.2, -0.15) is 0 Å². The van der Waals surface area contributed by atoms with Crippen LogP contribution in [-0.2, 0) is 9.53 Å². The maximum Gasteiger partial charge on any atom is 0.408 e. The molecule has 0 aromatic carbocycles. The Morgan fingerprint density at radius 2 is 2.06 bits per heavy atom. The minimum atomic E-state index is -0.511. The number of alkyl carbamates (subject to hydrolysis) is 1. The molecule has 1 amide bonds. The highest BCUT2D eigenvalue weighted by Gasteiger charge is 2.25. The fourth-order valence-electron chi connectivity index (χ4n) is 1.63. The Morgan fingerprint density at radius 3 is 2.59 bits per heavy atom. The third kappa shape index (κ3) is 4.43. The molecule has 17 heavy (non-hydrogen) atoms. The lowest BCUT2D eigenvalue weighted by Gasteiger charge is -2.21. The van der Waals surface area contributed by atoms with Crippen molar-refractivity contribution >= 4 is 11.9 Å². The molecule has 1 aliphatic rings. The van der Waals surface area contributed by atoms with Crippen molar-refractivity contribution < 1.29 is 14.3 Å². The summed E-state index contributed by atoms with van der Waals surface area (Å²) in [4.78, 5) is 22.8. The molecule has 0 bridgehead atoms. The summed E-state index contributed by atoms with van der Waals surface area (Å²) in [5.74, 6) is -0.192. The van der Waals surface area contributed by atoms with E-state index in [1.165, 1.54) is 6.08 Å². The first-order valence-electron chi connectivity index (χ1n) is 5.66. The fraction of sp³-hybridized carbons (Fsp3) is 0.538. The lowest BCUT2D eigenvalue weighted by atomic mass is 10.0. The zero-order chi connectivity index (χ0) is 13.1. The molecule has 94 valence electrons. The summed E-state index contributed by atoms with van der Waals surface area (Å²) in [5, 5.41) is 2.71. The van der Waals surface area contributed by atoms with Crippen LogP contribution >= 0.6 is 0 Å². The summed E-state index contributed by atoms with van der Waals surface area (Å²) in [6.07, 6.45) is 5.04. The van der Waals surface area contributed by atoms with E-state index < -0.39 is 11.7 Å². The molecule has 0 aromatic rings. The molecule has 4 nitrogen and oxygen atoms in total. The lowest BCUT2D eigenvalue weighted by molar-refractivity contribution is -0.116. The molecule has 1 aliphatic carbocycles. The SMILES string of the molecule is C=CC(=O)C1C=CC(NC(=O)OC(C)(C)C)C1. The number of rotatable bonds is 3. The van der Waals surface area contributed by atoms with Gasteiger partial charge >= 0.3 is 6.09 Å². The van der Waals surface area contributed by atoms with Crippen molar-refractivity contribution in [3.05, 3.63) is 24.8 Å². The lowest BCUT2D eigenvalue weighted by Crippen LogP contribution is -2.38. The Labute approximate surface area is 102 Å². The van der Waals surface area contributed by atoms with Crippen molar-refractivity contribution in [3.8, 4) is 0 Å². The predicted molar refractivity (Wildman–Crippen MR) is 65.6 cm³/mol. The van der Waals surface area contributed by atoms with Crippen molar-refractivity contribution in [2.75, 3.05) is 0 Å². The molecular weight excluding hydrogens is 218 g/mol. The van der Waals surface area contributed by atoms with E-state index in [-0.39, 0.29) is 17.7 Å². The predicted octanol–water partition coefficient (Wildman–Crippen LogP) is 2.21. The largest absolute Gasteiger partial charge is 0.444 e. The van der Waals surface area contributed by atoms with E-state index in [0.29, 0.717) is 6.42 Å². The maximum absolute atomic E-state index is 11.5. The average molecular weight is 237 g/mol. The number of carbonyl (C=O) groups excluding carboxylic acids is 2. The standard InChI is InChI=1S/C13H19NO3/c1-5-11(15)9-6-7-10(8-9)14-12(16)17-13(2,3)4/h5-7,9-10H,1,8H2,2-4H3,(H,14,16). The van der Waals surface area contributed by atoms with E-state index in [4.69, 9.17) is 4.74 Å². The van der Waals surface area contributed by atoms with E-state index in [1.54, 1.807) is 26.8 Å². The van der Waals surface area contributed by atoms with Crippen molar-refractivity contribution in [1.29, 1.82) is 0 Å². The quantitative estimate of drug-likeness (QED) is 0.605. The van der Waals surface area contributed by atoms with Crippen molar-refractivity contribution in [1.82, 2.24) is 5.32 Å². The Hall–Kier alpha value is -1.58. The van der Waals surface area contributed by atoms with Gasteiger partial charge in [-0.25, -0.2) is 4.79 Å². The molecule has 0 aliphatic heterocycles. The van der Waals surface area contributed by atoms with Crippen LogP contribution in [0.2, 0.25) is 0 Å². The van der Waals surface area contributed by atoms with Crippen LogP contribution in [-0.4, -0.2) is 23.5 Å². The molecule has 1 rings (SSSR count). The first kappa shape index (κ1) is 13.5. The first-order chi connectivity index (χ1) is 7.81. The van der Waals surface area contributed by atoms with Gasteiger partial charge in [-0.15, -0.1) is 0 Å². The zero-order valence-corrected chi connectivity index (χ0v) is 10.5. The number of amides is 1. The minimum absolute atomic E-state index is 0.0188. The Balaban J connectivity index is 2.41. The minimum Gasteiger partial charge on any atom is -0.444 e. The molecule has 1 N–H and O–H groups in total. The Morgan fingerprint density at radius 1 is 1.41 bits per heavy atom. The van der Waals surface area contributed by atoms with Crippen LogP contribution < -0.4 is 5.32 Å². The summed E-state index contributed by atoms with van der Waals surface area (Å²) < 4.78 is 5.13. The summed E-state index contributed by atoms with van der Waals surface area (Å²) >= 11 is 0. The van der Waals surface area contributed by atoms with Gasteiger partial charge < -0.3 is 10.1 Å². The molecule has 0 spiro atoms. The molecule has 0 radical (unpaired) electrons. The number of carbonyl (C=O) groups is 2. The molecule has 2 atom stereocenters. The monoisotopic (exact) mass is 237 g/mol. The highest BCUT2D eigenvalue weighted by atomic mass is 16.6. The van der Waals surface area contributed by atoms with Crippen LogP contribution in [0.15, 0.2) is 24.8 Å². The molecule has 0 saturated heterocycles. The average Bonchev–Trinajstić information content (AvgIpc) is 2.62. The van der Waals surface area contributed by atoms with Gasteiger partial charge in [0.05, 0.1) is 6.04 Å². The number of hydrogen-bond acceptors (Lipinski definition) is 3. The molecule has 0 saturated carbocycles. The van der Waals surface area contributed by atoms with Crippen LogP contribution in [0.4, 0.5) is 4.79 Å². The van der Waals surface area contributed by atoms with Gasteiger partial charge in [0.25, 0.3) is 0 Å². The smallest absolute Gasteiger partial charge is 0.408 e. The highest BCUT2D eigenvalue weighted by Crippen LogP contribution is 2.19. The second kappa shape index (κ2) is 5.17. The van der Waals surface area contributed by atoms with Gasteiger partial charge in [0.2, 0.25) is 0 Å². The van der Waals surface area contributed by atoms with Crippen LogP contribution in [0.1, 0.15) is 27.2 Å². The molecular formula is C13H19NO3. The summed E-state index contributed by atoms with van der Waals surface area (Å²) in [5.41, 5.74) is -0.511. The third-order valence-electron chi connectivity index (χ3n) is 2.35. The van der Waals surface area contributed by atoms with E-state index in [2.05, 4.69) is 11.9 Å². The van der Waals surface area contributed by atoms with Gasteiger partial charge in [-0.1, -0.05) is 18.7 Å². The molecule has 0 fully saturated rings. The highest BCUT2D eigenvalue weighted by molar-refractivity contribution is 5.93. The Kier molecular flexibility index (Phi) is 4.10. The Bertz CT molecular complexity index is 352. The second-order valence-corrected chi connectivity index (χ2v) is 5.09. The van der Waals surface area contributed by atoms with Crippen LogP contribution in [0.25, 0.3) is 0 Å². The maximum atomic E-state index is 11.5. The van der Waals surface area contributed by atoms with Crippen LogP contribution in [0.5, 0.6) is 0 Å². The van der Waals surface area contributed by atoms with E-state index >= 15 is 0 Å². The van der Waals surface area contributed by atoms with Crippen molar-refractivity contribution in [3.63, 3.8) is 0 Å². The van der Waals surface area contributed by atoms with Gasteiger partial charge in [-0.05, 0) is 33.3 Å². The summed E-state index contributed by atoms with van der Waals surface area (Å²) in [7, 11) is 0. The summed E-state index contributed by atoms with van der Waals surface area (Å²) in [6, 6.07) is -0.140. The zero-order valence-electron chi connectivity index (χ0n) is 10.5. The molecule has 0 aromatic heterocycles. The third-order valence-corrected chi connectivity index (χ3v) is 2.35. The molecule has 2 unspecified atom stereocenters. The van der Waals surface area contributed by atoms with Gasteiger partial charge in [0.1, 0.15) is 5.60 Å². The molecule has 4 heteroatoms. The normalized spacial score (nSPS) is 23.2. The molecule has 0 heterocycles. The second-order valence-electron chi connectivity index (χ2n) is 5.09. The number of ether oxygens (including phenoxy) is 1. The first-order valence-corrected chi connectivity index (χ1v) is 5.66. The summed E-state index contributed by atoms with van der Waals surface area (Å²) in [6.45, 7) is 8.86. The van der Waals surface area contributed by atoms with E-state index in [1.807, 2.05) is 6.08 Å². The van der Waals surface area contributed by atoms with E-state index in [0.717, 1.165) is 0 Å². The van der Waals surface area contributed by atoms with Crippen molar-refractivity contribution in [2.45, 2.75) is 38.8 Å². The number of nitrogens with one attached hydrogen (secondary N) is 1. The number of ketones is 1. The van der Waals surface area contributed by atoms with Gasteiger partial charge in [-0.3, -0.25) is 4.79 Å². The van der Waals surface area contributed by atoms with Crippen molar-refractivity contribution in [2.24, 2.45) is 5.92 Å². The van der Waals surface area contributed by atoms with Gasteiger partial charge in [0, 0.05) is 5.92 Å².